The van der Waals surface area contributed by atoms with Crippen molar-refractivity contribution < 1.29 is 28.5 Å². The number of aromatic nitrogens is 1. The maximum atomic E-state index is 11.8. The molecule has 7 nitrogen and oxygen atoms in total. The Morgan fingerprint density at radius 2 is 1.46 bits per heavy atom. The minimum Gasteiger partial charge on any atom is -0.494 e. The molecule has 0 saturated heterocycles. The van der Waals surface area contributed by atoms with E-state index in [2.05, 4.69) is 49.8 Å². The van der Waals surface area contributed by atoms with Gasteiger partial charge in [0, 0.05) is 59.4 Å². The number of hydrogen-bond acceptors (Lipinski definition) is 6. The van der Waals surface area contributed by atoms with Crippen molar-refractivity contribution in [3.05, 3.63) is 120 Å². The quantitative estimate of drug-likeness (QED) is 0.0391. The fourth-order valence-corrected chi connectivity index (χ4v) is 5.23. The van der Waals surface area contributed by atoms with Crippen molar-refractivity contribution in [1.29, 1.82) is 0 Å². The summed E-state index contributed by atoms with van der Waals surface area (Å²) in [5.74, 6) is 13.8. The van der Waals surface area contributed by atoms with Crippen molar-refractivity contribution in [2.45, 2.75) is 65.1 Å². The molecule has 0 N–H and O–H groups in total. The number of carbonyl (C=O) groups is 2. The minimum atomic E-state index is -0.690. The van der Waals surface area contributed by atoms with Crippen molar-refractivity contribution in [3.8, 4) is 35.2 Å². The van der Waals surface area contributed by atoms with Gasteiger partial charge in [0.1, 0.15) is 11.5 Å². The largest absolute Gasteiger partial charge is 0.494 e. The fraction of sp³-hybridized carbons (Fsp3) is 0.302. The smallest absolute Gasteiger partial charge is 0.333 e. The number of benzene rings is 3. The Hall–Kier alpha value is -5.66. The molecule has 0 aliphatic heterocycles. The molecule has 258 valence electrons. The van der Waals surface area contributed by atoms with Gasteiger partial charge in [-0.15, -0.1) is 0 Å². The molecule has 0 radical (unpaired) electrons. The summed E-state index contributed by atoms with van der Waals surface area (Å²) in [4.78, 5) is 22.8. The van der Waals surface area contributed by atoms with Gasteiger partial charge in [0.2, 0.25) is 6.29 Å². The number of carbonyl (C=O) groups excluding carboxylic acids is 2. The Labute approximate surface area is 295 Å². The van der Waals surface area contributed by atoms with Crippen LogP contribution in [0.3, 0.4) is 0 Å². The van der Waals surface area contributed by atoms with Crippen molar-refractivity contribution in [2.75, 3.05) is 13.2 Å². The van der Waals surface area contributed by atoms with Crippen molar-refractivity contribution in [1.82, 2.24) is 4.57 Å². The summed E-state index contributed by atoms with van der Waals surface area (Å²) >= 11 is 0. The van der Waals surface area contributed by atoms with Gasteiger partial charge in [-0.25, -0.2) is 9.59 Å². The molecule has 50 heavy (non-hydrogen) atoms. The standard InChI is InChI=1S/C43H45NO6/c1-6-14-43(50-42(46)9-4)49-38-25-26-40-39(30-38)36(31-44(40)5)22-21-35-20-17-33(29-34(35)7-2)16-15-32-18-23-37(24-19-32)47-27-12-10-11-13-28-48-41(45)8-3/h8-9,17-20,23-26,29-31,43H,3-4,6-7,10-14,27-28H2,1-2,5H3. The second-order valence-corrected chi connectivity index (χ2v) is 11.7. The molecule has 0 spiro atoms. The van der Waals surface area contributed by atoms with E-state index < -0.39 is 12.3 Å². The zero-order valence-electron chi connectivity index (χ0n) is 29.3. The summed E-state index contributed by atoms with van der Waals surface area (Å²) < 4.78 is 24.3. The Bertz CT molecular complexity index is 1910. The van der Waals surface area contributed by atoms with Gasteiger partial charge in [-0.1, -0.05) is 50.7 Å². The summed E-state index contributed by atoms with van der Waals surface area (Å²) in [5.41, 5.74) is 5.83. The van der Waals surface area contributed by atoms with Gasteiger partial charge in [0.15, 0.2) is 0 Å². The number of esters is 2. The summed E-state index contributed by atoms with van der Waals surface area (Å²) in [7, 11) is 1.99. The van der Waals surface area contributed by atoms with Crippen molar-refractivity contribution in [3.63, 3.8) is 0 Å². The minimum absolute atomic E-state index is 0.374. The first-order valence-electron chi connectivity index (χ1n) is 17.1. The number of rotatable bonds is 16. The molecule has 0 fully saturated rings. The summed E-state index contributed by atoms with van der Waals surface area (Å²) in [6.07, 6.45) is 9.61. The molecule has 0 aliphatic carbocycles. The zero-order chi connectivity index (χ0) is 35.7. The molecular formula is C43H45NO6. The lowest BCUT2D eigenvalue weighted by molar-refractivity contribution is -0.158. The van der Waals surface area contributed by atoms with E-state index in [1.165, 1.54) is 6.08 Å². The predicted molar refractivity (Wildman–Crippen MR) is 198 cm³/mol. The monoisotopic (exact) mass is 671 g/mol. The molecule has 1 heterocycles. The first kappa shape index (κ1) is 37.2. The highest BCUT2D eigenvalue weighted by Crippen LogP contribution is 2.27. The molecule has 0 bridgehead atoms. The average molecular weight is 672 g/mol. The van der Waals surface area contributed by atoms with E-state index in [9.17, 15) is 9.59 Å². The van der Waals surface area contributed by atoms with E-state index in [4.69, 9.17) is 18.9 Å². The van der Waals surface area contributed by atoms with Crippen LogP contribution in [0.2, 0.25) is 0 Å². The van der Waals surface area contributed by atoms with Crippen LogP contribution in [0.4, 0.5) is 0 Å². The van der Waals surface area contributed by atoms with E-state index >= 15 is 0 Å². The normalized spacial score (nSPS) is 10.9. The molecule has 4 rings (SSSR count). The Morgan fingerprint density at radius 3 is 2.18 bits per heavy atom. The van der Waals surface area contributed by atoms with Crippen LogP contribution < -0.4 is 9.47 Å². The lowest BCUT2D eigenvalue weighted by Gasteiger charge is -2.18. The third-order valence-electron chi connectivity index (χ3n) is 7.91. The van der Waals surface area contributed by atoms with Crippen LogP contribution in [0.25, 0.3) is 10.9 Å². The zero-order valence-corrected chi connectivity index (χ0v) is 29.3. The van der Waals surface area contributed by atoms with Crippen LogP contribution in [0.1, 0.15) is 80.2 Å². The second-order valence-electron chi connectivity index (χ2n) is 11.7. The lowest BCUT2D eigenvalue weighted by atomic mass is 10.0. The van der Waals surface area contributed by atoms with Gasteiger partial charge >= 0.3 is 11.9 Å². The third kappa shape index (κ3) is 11.2. The maximum absolute atomic E-state index is 11.8. The molecule has 7 heteroatoms. The van der Waals surface area contributed by atoms with Crippen molar-refractivity contribution >= 4 is 22.8 Å². The highest BCUT2D eigenvalue weighted by atomic mass is 16.7. The molecule has 0 saturated carbocycles. The van der Waals surface area contributed by atoms with Crippen LogP contribution in [0, 0.1) is 23.7 Å². The number of unbranched alkanes of at least 4 members (excludes halogenated alkanes) is 3. The van der Waals surface area contributed by atoms with E-state index in [0.717, 1.165) is 89.1 Å². The van der Waals surface area contributed by atoms with Gasteiger partial charge in [-0.3, -0.25) is 0 Å². The maximum Gasteiger partial charge on any atom is 0.333 e. The predicted octanol–water partition coefficient (Wildman–Crippen LogP) is 8.44. The van der Waals surface area contributed by atoms with Crippen LogP contribution in [0.5, 0.6) is 11.5 Å². The van der Waals surface area contributed by atoms with Gasteiger partial charge in [-0.2, -0.15) is 0 Å². The summed E-state index contributed by atoms with van der Waals surface area (Å²) in [6, 6.07) is 19.8. The number of nitrogens with zero attached hydrogens (tertiary/aromatic N) is 1. The van der Waals surface area contributed by atoms with Gasteiger partial charge < -0.3 is 23.5 Å². The number of hydrogen-bond donors (Lipinski definition) is 0. The van der Waals surface area contributed by atoms with E-state index in [-0.39, 0.29) is 5.97 Å². The van der Waals surface area contributed by atoms with Crippen LogP contribution in [-0.2, 0) is 32.5 Å². The molecule has 1 aromatic heterocycles. The Morgan fingerprint density at radius 1 is 0.780 bits per heavy atom. The molecule has 4 aromatic rings. The molecule has 0 amide bonds. The van der Waals surface area contributed by atoms with Crippen molar-refractivity contribution in [2.24, 2.45) is 7.05 Å². The molecule has 0 aliphatic rings. The number of ether oxygens (including phenoxy) is 4. The van der Waals surface area contributed by atoms with E-state index in [1.807, 2.05) is 79.3 Å². The summed E-state index contributed by atoms with van der Waals surface area (Å²) in [5, 5.41) is 0.959. The molecule has 3 aromatic carbocycles. The van der Waals surface area contributed by atoms with Gasteiger partial charge in [-0.05, 0) is 105 Å². The lowest BCUT2D eigenvalue weighted by Crippen LogP contribution is -2.23. The SMILES string of the molecule is C=CC(=O)OCCCCCCOc1ccc(C#Cc2ccc(C#Cc3cn(C)c4ccc(OC(CCC)OC(=O)C=C)cc34)c(CC)c2)cc1. The molecule has 1 unspecified atom stereocenters. The van der Waals surface area contributed by atoms with Crippen LogP contribution >= 0.6 is 0 Å². The van der Waals surface area contributed by atoms with Crippen LogP contribution in [-0.4, -0.2) is 36.0 Å². The van der Waals surface area contributed by atoms with E-state index in [1.54, 1.807) is 0 Å². The summed E-state index contributed by atoms with van der Waals surface area (Å²) in [6.45, 7) is 12.1. The highest BCUT2D eigenvalue weighted by Gasteiger charge is 2.15. The molecular weight excluding hydrogens is 626 g/mol. The Balaban J connectivity index is 1.37. The average Bonchev–Trinajstić information content (AvgIpc) is 3.45. The Kier molecular flexibility index (Phi) is 14.4. The second kappa shape index (κ2) is 19.4. The fourth-order valence-electron chi connectivity index (χ4n) is 5.23. The third-order valence-corrected chi connectivity index (χ3v) is 7.91. The first-order valence-corrected chi connectivity index (χ1v) is 17.1. The number of aryl methyl sites for hydroxylation is 2. The van der Waals surface area contributed by atoms with Gasteiger partial charge in [0.05, 0.1) is 18.8 Å². The molecule has 1 atom stereocenters. The first-order chi connectivity index (χ1) is 24.3. The van der Waals surface area contributed by atoms with Gasteiger partial charge in [0.25, 0.3) is 0 Å². The van der Waals surface area contributed by atoms with Crippen LogP contribution in [0.15, 0.2) is 92.2 Å². The highest BCUT2D eigenvalue weighted by molar-refractivity contribution is 5.88. The van der Waals surface area contributed by atoms with E-state index in [0.29, 0.717) is 25.4 Å². The topological polar surface area (TPSA) is 76.0 Å². The number of fused-ring (bicyclic) bond motifs is 1.